The van der Waals surface area contributed by atoms with Crippen molar-refractivity contribution in [2.45, 2.75) is 129 Å². The molecular weight excluding hydrogens is 524 g/mol. The summed E-state index contributed by atoms with van der Waals surface area (Å²) in [5, 5.41) is 0. The van der Waals surface area contributed by atoms with Crippen molar-refractivity contribution >= 4 is 0 Å². The lowest BCUT2D eigenvalue weighted by Crippen LogP contribution is -3.00. The smallest absolute Gasteiger partial charge is 0.0780 e. The van der Waals surface area contributed by atoms with E-state index < -0.39 is 0 Å². The largest absolute Gasteiger partial charge is 1.00 e. The van der Waals surface area contributed by atoms with Crippen molar-refractivity contribution in [3.63, 3.8) is 0 Å². The van der Waals surface area contributed by atoms with Gasteiger partial charge >= 0.3 is 0 Å². The average molecular weight is 589 g/mol. The summed E-state index contributed by atoms with van der Waals surface area (Å²) in [5.41, 5.74) is 0. The third-order valence-corrected chi connectivity index (χ3v) is 5.86. The maximum absolute atomic E-state index is 2.29. The van der Waals surface area contributed by atoms with Crippen LogP contribution in [0.1, 0.15) is 129 Å². The number of hydrogen-bond acceptors (Lipinski definition) is 0. The molecule has 0 aromatic carbocycles. The highest BCUT2D eigenvalue weighted by molar-refractivity contribution is 4.48. The zero-order chi connectivity index (χ0) is 23.1. The van der Waals surface area contributed by atoms with E-state index in [2.05, 4.69) is 56.1 Å². The number of rotatable bonds is 20. The van der Waals surface area contributed by atoms with E-state index in [0.717, 1.165) is 8.97 Å². The topological polar surface area (TPSA) is 0 Å². The van der Waals surface area contributed by atoms with Crippen LogP contribution in [-0.2, 0) is 0 Å². The molecule has 200 valence electrons. The lowest BCUT2D eigenvalue weighted by atomic mass is 10.1. The predicted octanol–water partition coefficient (Wildman–Crippen LogP) is 2.45. The first-order chi connectivity index (χ1) is 14.1. The quantitative estimate of drug-likeness (QED) is 0.152. The highest BCUT2D eigenvalue weighted by Crippen LogP contribution is 2.12. The van der Waals surface area contributed by atoms with E-state index in [1.54, 1.807) is 0 Å². The predicted molar refractivity (Wildman–Crippen MR) is 140 cm³/mol. The third-order valence-electron chi connectivity index (χ3n) is 5.86. The second-order valence-corrected chi connectivity index (χ2v) is 11.7. The summed E-state index contributed by atoms with van der Waals surface area (Å²) >= 11 is 0. The molecule has 0 unspecified atom stereocenters. The maximum Gasteiger partial charge on any atom is 0.0780 e. The van der Waals surface area contributed by atoms with Gasteiger partial charge < -0.3 is 42.9 Å². The van der Waals surface area contributed by atoms with Gasteiger partial charge in [-0.15, -0.1) is 0 Å². The van der Waals surface area contributed by atoms with Crippen molar-refractivity contribution in [3.05, 3.63) is 0 Å². The molecule has 0 fully saturated rings. The van der Waals surface area contributed by atoms with Crippen LogP contribution in [0.4, 0.5) is 0 Å². The Kier molecular flexibility index (Phi) is 35.2. The van der Waals surface area contributed by atoms with Gasteiger partial charge in [0, 0.05) is 0 Å². The Morgan fingerprint density at radius 2 is 0.500 bits per heavy atom. The minimum absolute atomic E-state index is 0. The van der Waals surface area contributed by atoms with Crippen LogP contribution in [0, 0.1) is 0 Å². The Morgan fingerprint density at radius 3 is 0.688 bits per heavy atom. The summed E-state index contributed by atoms with van der Waals surface area (Å²) in [7, 11) is 13.7. The highest BCUT2D eigenvalue weighted by Gasteiger charge is 2.05. The van der Waals surface area contributed by atoms with Gasteiger partial charge in [-0.2, -0.15) is 0 Å². The fourth-order valence-electron chi connectivity index (χ4n) is 3.79. The second-order valence-electron chi connectivity index (χ2n) is 11.7. The molecule has 0 amide bonds. The lowest BCUT2D eigenvalue weighted by molar-refractivity contribution is -0.870. The first kappa shape index (κ1) is 40.1. The molecule has 0 rings (SSSR count). The maximum atomic E-state index is 2.29. The molecule has 0 atom stereocenters. The van der Waals surface area contributed by atoms with Crippen LogP contribution >= 0.6 is 0 Å². The molecule has 0 aliphatic heterocycles. The zero-order valence-electron chi connectivity index (χ0n) is 23.8. The van der Waals surface area contributed by atoms with Gasteiger partial charge in [0.25, 0.3) is 0 Å². The van der Waals surface area contributed by atoms with Crippen molar-refractivity contribution in [3.8, 4) is 0 Å². The van der Waals surface area contributed by atoms with Gasteiger partial charge in [-0.1, -0.05) is 104 Å². The Balaban J connectivity index is -0.000000247. The molecule has 0 bridgehead atoms. The minimum Gasteiger partial charge on any atom is -1.00 e. The van der Waals surface area contributed by atoms with E-state index in [1.807, 2.05) is 0 Å². The number of nitrogens with zero attached hydrogens (tertiary/aromatic N) is 2. The summed E-state index contributed by atoms with van der Waals surface area (Å²) in [6.07, 6.45) is 25.9. The van der Waals surface area contributed by atoms with Crippen LogP contribution in [0.3, 0.4) is 0 Å². The standard InChI is InChI=1S/C17H38N.C11H26N.2BrH/c1-5-6-7-8-9-10-11-12-13-14-15-16-17-18(2,3)4;1-5-6-7-8-9-10-11-12(2,3)4;;/h5-17H2,1-4H3;5-11H2,1-4H3;2*1H/q2*+1;;/p-2. The van der Waals surface area contributed by atoms with Gasteiger partial charge in [0.05, 0.1) is 55.4 Å². The molecule has 0 saturated heterocycles. The van der Waals surface area contributed by atoms with Crippen molar-refractivity contribution in [1.82, 2.24) is 0 Å². The number of unbranched alkanes of at least 4 members (excludes halogenated alkanes) is 16. The van der Waals surface area contributed by atoms with Gasteiger partial charge in [-0.3, -0.25) is 0 Å². The highest BCUT2D eigenvalue weighted by atomic mass is 79.9. The monoisotopic (exact) mass is 586 g/mol. The van der Waals surface area contributed by atoms with E-state index in [0.29, 0.717) is 0 Å². The third kappa shape index (κ3) is 44.5. The van der Waals surface area contributed by atoms with Crippen LogP contribution in [0.25, 0.3) is 0 Å². The van der Waals surface area contributed by atoms with E-state index in [1.165, 1.54) is 129 Å². The van der Waals surface area contributed by atoms with Crippen LogP contribution < -0.4 is 34.0 Å². The SMILES string of the molecule is CCCCCCCCCCCCCC[N+](C)(C)C.CCCCCCCC[N+](C)(C)C.[Br-].[Br-]. The van der Waals surface area contributed by atoms with Crippen LogP contribution in [0.2, 0.25) is 0 Å². The zero-order valence-corrected chi connectivity index (χ0v) is 27.0. The molecule has 0 spiro atoms. The summed E-state index contributed by atoms with van der Waals surface area (Å²) in [4.78, 5) is 0. The van der Waals surface area contributed by atoms with Gasteiger partial charge in [0.2, 0.25) is 0 Å². The fourth-order valence-corrected chi connectivity index (χ4v) is 3.79. The average Bonchev–Trinajstić information content (AvgIpc) is 2.64. The Bertz CT molecular complexity index is 322. The number of quaternary nitrogens is 2. The Hall–Kier alpha value is 0.880. The minimum atomic E-state index is 0. The Morgan fingerprint density at radius 1 is 0.312 bits per heavy atom. The van der Waals surface area contributed by atoms with Crippen LogP contribution in [0.15, 0.2) is 0 Å². The van der Waals surface area contributed by atoms with Gasteiger partial charge in [-0.25, -0.2) is 0 Å². The molecule has 0 aliphatic rings. The number of hydrogen-bond donors (Lipinski definition) is 0. The normalized spacial score (nSPS) is 11.2. The first-order valence-electron chi connectivity index (χ1n) is 13.7. The Labute approximate surface area is 227 Å². The molecule has 0 aromatic heterocycles. The summed E-state index contributed by atoms with van der Waals surface area (Å²) in [5.74, 6) is 0. The van der Waals surface area contributed by atoms with Crippen molar-refractivity contribution in [2.24, 2.45) is 0 Å². The van der Waals surface area contributed by atoms with Crippen molar-refractivity contribution in [1.29, 1.82) is 0 Å². The number of halogens is 2. The van der Waals surface area contributed by atoms with Crippen molar-refractivity contribution in [2.75, 3.05) is 55.4 Å². The molecule has 0 radical (unpaired) electrons. The van der Waals surface area contributed by atoms with Crippen LogP contribution in [0.5, 0.6) is 0 Å². The first-order valence-corrected chi connectivity index (χ1v) is 13.7. The molecular formula is C28H64Br2N2. The molecule has 4 heteroatoms. The van der Waals surface area contributed by atoms with Gasteiger partial charge in [-0.05, 0) is 25.7 Å². The molecule has 0 saturated carbocycles. The molecule has 0 aromatic rings. The molecule has 0 aliphatic carbocycles. The van der Waals surface area contributed by atoms with E-state index >= 15 is 0 Å². The summed E-state index contributed by atoms with van der Waals surface area (Å²) < 4.78 is 2.24. The molecule has 2 nitrogen and oxygen atoms in total. The van der Waals surface area contributed by atoms with Gasteiger partial charge in [0.15, 0.2) is 0 Å². The fraction of sp³-hybridized carbons (Fsp3) is 1.00. The van der Waals surface area contributed by atoms with Crippen LogP contribution in [-0.4, -0.2) is 64.3 Å². The van der Waals surface area contributed by atoms with Gasteiger partial charge in [0.1, 0.15) is 0 Å². The summed E-state index contributed by atoms with van der Waals surface area (Å²) in [6.45, 7) is 7.22. The van der Waals surface area contributed by atoms with E-state index in [9.17, 15) is 0 Å². The lowest BCUT2D eigenvalue weighted by Gasteiger charge is -2.23. The summed E-state index contributed by atoms with van der Waals surface area (Å²) in [6, 6.07) is 0. The van der Waals surface area contributed by atoms with Crippen molar-refractivity contribution < 1.29 is 42.9 Å². The molecule has 0 heterocycles. The van der Waals surface area contributed by atoms with E-state index in [4.69, 9.17) is 0 Å². The van der Waals surface area contributed by atoms with E-state index in [-0.39, 0.29) is 34.0 Å². The second kappa shape index (κ2) is 28.1. The molecule has 0 N–H and O–H groups in total. The molecule has 32 heavy (non-hydrogen) atoms.